The van der Waals surface area contributed by atoms with Gasteiger partial charge in [0, 0.05) is 32.7 Å². The lowest BCUT2D eigenvalue weighted by atomic mass is 10.2. The normalized spacial score (nSPS) is 11.0. The molecule has 6 heteroatoms. The second-order valence-corrected chi connectivity index (χ2v) is 6.79. The molecule has 138 valence electrons. The molecular formula is C21H20BrN3O2. The number of amides is 1. The van der Waals surface area contributed by atoms with Gasteiger partial charge >= 0.3 is 0 Å². The van der Waals surface area contributed by atoms with Gasteiger partial charge in [0.05, 0.1) is 13.3 Å². The molecule has 0 radical (unpaired) electrons. The summed E-state index contributed by atoms with van der Waals surface area (Å²) in [5.74, 6) is 0.332. The van der Waals surface area contributed by atoms with E-state index < -0.39 is 0 Å². The number of carbonyl (C=O) groups is 1. The van der Waals surface area contributed by atoms with Crippen molar-refractivity contribution in [2.24, 2.45) is 5.10 Å². The van der Waals surface area contributed by atoms with Crippen LogP contribution in [0.2, 0.25) is 0 Å². The third-order valence-electron chi connectivity index (χ3n) is 4.32. The maximum atomic E-state index is 12.3. The number of hydrogen-bond acceptors (Lipinski definition) is 3. The molecule has 0 aliphatic carbocycles. The quantitative estimate of drug-likeness (QED) is 0.478. The highest BCUT2D eigenvalue weighted by molar-refractivity contribution is 9.10. The number of ether oxygens (including phenoxy) is 1. The monoisotopic (exact) mass is 425 g/mol. The van der Waals surface area contributed by atoms with Crippen molar-refractivity contribution in [1.29, 1.82) is 0 Å². The summed E-state index contributed by atoms with van der Waals surface area (Å²) in [7, 11) is 1.56. The number of halogens is 1. The summed E-state index contributed by atoms with van der Waals surface area (Å²) >= 11 is 3.64. The van der Waals surface area contributed by atoms with E-state index in [1.165, 1.54) is 0 Å². The molecule has 5 nitrogen and oxygen atoms in total. The molecule has 27 heavy (non-hydrogen) atoms. The molecule has 0 aliphatic rings. The summed E-state index contributed by atoms with van der Waals surface area (Å²) in [6.45, 7) is 4.06. The van der Waals surface area contributed by atoms with E-state index in [0.717, 1.165) is 27.1 Å². The van der Waals surface area contributed by atoms with Crippen LogP contribution in [-0.4, -0.2) is 23.8 Å². The van der Waals surface area contributed by atoms with Gasteiger partial charge < -0.3 is 9.30 Å². The molecule has 2 aromatic carbocycles. The lowest BCUT2D eigenvalue weighted by Gasteiger charge is -2.08. The van der Waals surface area contributed by atoms with E-state index in [1.54, 1.807) is 37.6 Å². The Bertz CT molecular complexity index is 994. The lowest BCUT2D eigenvalue weighted by molar-refractivity contribution is 0.0955. The van der Waals surface area contributed by atoms with Gasteiger partial charge in [-0.25, -0.2) is 5.43 Å². The van der Waals surface area contributed by atoms with Gasteiger partial charge in [0.15, 0.2) is 0 Å². The molecule has 3 rings (SSSR count). The minimum absolute atomic E-state index is 0.293. The van der Waals surface area contributed by atoms with Crippen molar-refractivity contribution in [3.8, 4) is 11.4 Å². The van der Waals surface area contributed by atoms with Gasteiger partial charge in [-0.2, -0.15) is 5.10 Å². The molecule has 1 amide bonds. The molecular weight excluding hydrogens is 406 g/mol. The van der Waals surface area contributed by atoms with Crippen LogP contribution in [0.25, 0.3) is 5.69 Å². The van der Waals surface area contributed by atoms with E-state index >= 15 is 0 Å². The van der Waals surface area contributed by atoms with Crippen LogP contribution in [0.4, 0.5) is 0 Å². The second-order valence-electron chi connectivity index (χ2n) is 6.00. The van der Waals surface area contributed by atoms with Gasteiger partial charge in [0.2, 0.25) is 0 Å². The van der Waals surface area contributed by atoms with E-state index in [0.29, 0.717) is 11.3 Å². The molecule has 1 heterocycles. The first-order valence-electron chi connectivity index (χ1n) is 8.43. The molecule has 0 saturated carbocycles. The summed E-state index contributed by atoms with van der Waals surface area (Å²) < 4.78 is 8.24. The minimum atomic E-state index is -0.293. The lowest BCUT2D eigenvalue weighted by Crippen LogP contribution is -2.17. The molecule has 1 N–H and O–H groups in total. The SMILES string of the molecule is COc1cccc(C(=O)N/N=C\c2c(Br)c(C)n(-c3ccccc3)c2C)c1. The Labute approximate surface area is 166 Å². The van der Waals surface area contributed by atoms with Crippen molar-refractivity contribution in [3.63, 3.8) is 0 Å². The van der Waals surface area contributed by atoms with Crippen LogP contribution in [0.15, 0.2) is 64.2 Å². The Kier molecular flexibility index (Phi) is 5.76. The summed E-state index contributed by atoms with van der Waals surface area (Å²) in [6.07, 6.45) is 1.66. The zero-order valence-corrected chi connectivity index (χ0v) is 16.9. The molecule has 1 aromatic heterocycles. The van der Waals surface area contributed by atoms with Crippen molar-refractivity contribution in [2.45, 2.75) is 13.8 Å². The highest BCUT2D eigenvalue weighted by atomic mass is 79.9. The first kappa shape index (κ1) is 18.9. The van der Waals surface area contributed by atoms with Crippen LogP contribution in [0.5, 0.6) is 5.75 Å². The number of rotatable bonds is 5. The summed E-state index contributed by atoms with van der Waals surface area (Å²) in [6, 6.07) is 17.0. The number of para-hydroxylation sites is 1. The maximum Gasteiger partial charge on any atom is 0.271 e. The third-order valence-corrected chi connectivity index (χ3v) is 5.32. The van der Waals surface area contributed by atoms with Crippen molar-refractivity contribution < 1.29 is 9.53 Å². The van der Waals surface area contributed by atoms with E-state index in [9.17, 15) is 4.79 Å². The van der Waals surface area contributed by atoms with Crippen LogP contribution in [0.1, 0.15) is 27.3 Å². The smallest absolute Gasteiger partial charge is 0.271 e. The molecule has 0 fully saturated rings. The van der Waals surface area contributed by atoms with Crippen LogP contribution in [-0.2, 0) is 0 Å². The minimum Gasteiger partial charge on any atom is -0.497 e. The number of hydrazone groups is 1. The number of nitrogens with zero attached hydrogens (tertiary/aromatic N) is 2. The molecule has 0 saturated heterocycles. The van der Waals surface area contributed by atoms with E-state index in [4.69, 9.17) is 4.74 Å². The van der Waals surface area contributed by atoms with Gasteiger partial charge in [-0.1, -0.05) is 24.3 Å². The largest absolute Gasteiger partial charge is 0.497 e. The van der Waals surface area contributed by atoms with Gasteiger partial charge in [0.1, 0.15) is 5.75 Å². The van der Waals surface area contributed by atoms with Gasteiger partial charge in [0.25, 0.3) is 5.91 Å². The molecule has 0 aliphatic heterocycles. The van der Waals surface area contributed by atoms with Gasteiger partial charge in [-0.15, -0.1) is 0 Å². The predicted molar refractivity (Wildman–Crippen MR) is 111 cm³/mol. The Morgan fingerprint density at radius 1 is 1.11 bits per heavy atom. The van der Waals surface area contributed by atoms with E-state index in [2.05, 4.69) is 43.2 Å². The first-order chi connectivity index (χ1) is 13.0. The number of aromatic nitrogens is 1. The first-order valence-corrected chi connectivity index (χ1v) is 9.22. The average Bonchev–Trinajstić information content (AvgIpc) is 2.91. The predicted octanol–water partition coefficient (Wildman–Crippen LogP) is 4.63. The Hall–Kier alpha value is -2.86. The number of nitrogens with one attached hydrogen (secondary N) is 1. The Morgan fingerprint density at radius 3 is 2.56 bits per heavy atom. The molecule has 0 spiro atoms. The molecule has 0 unspecified atom stereocenters. The van der Waals surface area contributed by atoms with E-state index in [-0.39, 0.29) is 5.91 Å². The summed E-state index contributed by atoms with van der Waals surface area (Å²) in [5.41, 5.74) is 7.15. The van der Waals surface area contributed by atoms with Crippen LogP contribution >= 0.6 is 15.9 Å². The zero-order valence-electron chi connectivity index (χ0n) is 15.4. The van der Waals surface area contributed by atoms with Crippen LogP contribution in [0.3, 0.4) is 0 Å². The van der Waals surface area contributed by atoms with Crippen LogP contribution < -0.4 is 10.2 Å². The fourth-order valence-corrected chi connectivity index (χ4v) is 3.49. The van der Waals surface area contributed by atoms with Crippen molar-refractivity contribution in [1.82, 2.24) is 9.99 Å². The summed E-state index contributed by atoms with van der Waals surface area (Å²) in [4.78, 5) is 12.3. The third kappa shape index (κ3) is 3.95. The zero-order chi connectivity index (χ0) is 19.4. The highest BCUT2D eigenvalue weighted by Gasteiger charge is 2.15. The Balaban J connectivity index is 1.82. The fourth-order valence-electron chi connectivity index (χ4n) is 2.92. The van der Waals surface area contributed by atoms with Crippen molar-refractivity contribution in [2.75, 3.05) is 7.11 Å². The molecule has 3 aromatic rings. The highest BCUT2D eigenvalue weighted by Crippen LogP contribution is 2.29. The number of carbonyl (C=O) groups excluding carboxylic acids is 1. The van der Waals surface area contributed by atoms with Crippen molar-refractivity contribution >= 4 is 28.1 Å². The van der Waals surface area contributed by atoms with Gasteiger partial charge in [-0.3, -0.25) is 4.79 Å². The maximum absolute atomic E-state index is 12.3. The number of benzene rings is 2. The number of methoxy groups -OCH3 is 1. The number of hydrogen-bond donors (Lipinski definition) is 1. The second kappa shape index (κ2) is 8.22. The van der Waals surface area contributed by atoms with Crippen molar-refractivity contribution in [3.05, 3.63) is 81.6 Å². The molecule has 0 atom stereocenters. The fraction of sp³-hybridized carbons (Fsp3) is 0.143. The average molecular weight is 426 g/mol. The topological polar surface area (TPSA) is 55.6 Å². The van der Waals surface area contributed by atoms with E-state index in [1.807, 2.05) is 32.0 Å². The standard InChI is InChI=1S/C21H20BrN3O2/c1-14-19(20(22)15(2)25(14)17-9-5-4-6-10-17)13-23-24-21(26)16-8-7-11-18(12-16)27-3/h4-13H,1-3H3,(H,24,26)/b23-13-. The van der Waals surface area contributed by atoms with Crippen LogP contribution in [0, 0.1) is 13.8 Å². The summed E-state index contributed by atoms with van der Waals surface area (Å²) in [5, 5.41) is 4.13. The van der Waals surface area contributed by atoms with Gasteiger partial charge in [-0.05, 0) is 60.1 Å². The Morgan fingerprint density at radius 2 is 1.85 bits per heavy atom. The molecule has 0 bridgehead atoms.